The van der Waals surface area contributed by atoms with Crippen LogP contribution in [0.5, 0.6) is 0 Å². The summed E-state index contributed by atoms with van der Waals surface area (Å²) in [6, 6.07) is 14.2. The maximum Gasteiger partial charge on any atom is 0.340 e. The molecule has 0 radical (unpaired) electrons. The highest BCUT2D eigenvalue weighted by molar-refractivity contribution is 6.33. The number of carbonyl (C=O) groups excluding carboxylic acids is 1. The number of hydrogen-bond donors (Lipinski definition) is 1. The van der Waals surface area contributed by atoms with Crippen LogP contribution in [0.25, 0.3) is 0 Å². The second kappa shape index (κ2) is 6.93. The molecule has 0 saturated carbocycles. The van der Waals surface area contributed by atoms with Crippen molar-refractivity contribution in [2.45, 2.75) is 6.61 Å². The third-order valence-corrected chi connectivity index (χ3v) is 2.96. The van der Waals surface area contributed by atoms with Crippen molar-refractivity contribution in [1.29, 1.82) is 0 Å². The number of carbonyl (C=O) groups is 1. The van der Waals surface area contributed by atoms with E-state index in [2.05, 4.69) is 0 Å². The molecule has 0 aliphatic rings. The highest BCUT2D eigenvalue weighted by Gasteiger charge is 2.08. The molecular formula is C15H14ClNO3. The van der Waals surface area contributed by atoms with Gasteiger partial charge in [-0.15, -0.1) is 0 Å². The van der Waals surface area contributed by atoms with Crippen LogP contribution >= 0.6 is 11.6 Å². The molecule has 5 heteroatoms. The lowest BCUT2D eigenvalue weighted by Crippen LogP contribution is -2.09. The van der Waals surface area contributed by atoms with Gasteiger partial charge in [-0.05, 0) is 23.8 Å². The highest BCUT2D eigenvalue weighted by atomic mass is 35.5. The first-order valence-electron chi connectivity index (χ1n) is 6.00. The minimum Gasteiger partial charge on any atom is -0.435 e. The first-order valence-corrected chi connectivity index (χ1v) is 6.38. The van der Waals surface area contributed by atoms with Gasteiger partial charge in [0, 0.05) is 0 Å². The van der Waals surface area contributed by atoms with E-state index in [-0.39, 0.29) is 6.79 Å². The Morgan fingerprint density at radius 1 is 1.15 bits per heavy atom. The Labute approximate surface area is 122 Å². The van der Waals surface area contributed by atoms with Gasteiger partial charge in [0.05, 0.1) is 22.9 Å². The molecule has 0 amide bonds. The summed E-state index contributed by atoms with van der Waals surface area (Å²) in [4.78, 5) is 11.7. The van der Waals surface area contributed by atoms with Crippen LogP contribution in [0.1, 0.15) is 15.9 Å². The molecule has 0 heterocycles. The van der Waals surface area contributed by atoms with E-state index in [4.69, 9.17) is 26.8 Å². The number of rotatable bonds is 5. The van der Waals surface area contributed by atoms with E-state index in [1.807, 2.05) is 30.3 Å². The fourth-order valence-corrected chi connectivity index (χ4v) is 1.70. The number of ether oxygens (including phenoxy) is 2. The fraction of sp³-hybridized carbons (Fsp3) is 0.133. The first kappa shape index (κ1) is 14.4. The molecule has 2 rings (SSSR count). The molecule has 0 bridgehead atoms. The molecule has 20 heavy (non-hydrogen) atoms. The van der Waals surface area contributed by atoms with Gasteiger partial charge >= 0.3 is 5.97 Å². The standard InChI is InChI=1S/C15H14ClNO3/c16-13-7-6-12(8-14(13)17)15(18)20-10-19-9-11-4-2-1-3-5-11/h1-8H,9-10,17H2. The number of nitrogen functional groups attached to an aromatic ring is 1. The summed E-state index contributed by atoms with van der Waals surface area (Å²) in [6.45, 7) is 0.271. The van der Waals surface area contributed by atoms with E-state index in [1.165, 1.54) is 6.07 Å². The molecule has 0 atom stereocenters. The van der Waals surface area contributed by atoms with Gasteiger partial charge in [-0.1, -0.05) is 41.9 Å². The summed E-state index contributed by atoms with van der Waals surface area (Å²) in [5.74, 6) is -0.499. The van der Waals surface area contributed by atoms with Crippen LogP contribution in [0.2, 0.25) is 5.02 Å². The molecule has 104 valence electrons. The van der Waals surface area contributed by atoms with Crippen LogP contribution in [-0.4, -0.2) is 12.8 Å². The molecule has 0 aliphatic heterocycles. The van der Waals surface area contributed by atoms with Crippen molar-refractivity contribution >= 4 is 23.3 Å². The van der Waals surface area contributed by atoms with Crippen LogP contribution in [0.3, 0.4) is 0 Å². The second-order valence-corrected chi connectivity index (χ2v) is 4.53. The number of nitrogens with two attached hydrogens (primary N) is 1. The van der Waals surface area contributed by atoms with Gasteiger partial charge in [0.1, 0.15) is 0 Å². The molecule has 0 saturated heterocycles. The van der Waals surface area contributed by atoms with E-state index in [0.29, 0.717) is 22.9 Å². The van der Waals surface area contributed by atoms with E-state index in [1.54, 1.807) is 12.1 Å². The number of anilines is 1. The van der Waals surface area contributed by atoms with Crippen LogP contribution in [0, 0.1) is 0 Å². The monoisotopic (exact) mass is 291 g/mol. The SMILES string of the molecule is Nc1cc(C(=O)OCOCc2ccccc2)ccc1Cl. The van der Waals surface area contributed by atoms with Crippen molar-refractivity contribution in [3.05, 3.63) is 64.7 Å². The van der Waals surface area contributed by atoms with Crippen LogP contribution < -0.4 is 5.73 Å². The first-order chi connectivity index (χ1) is 9.66. The van der Waals surface area contributed by atoms with E-state index in [9.17, 15) is 4.79 Å². The summed E-state index contributed by atoms with van der Waals surface area (Å²) in [6.07, 6.45) is 0. The molecular weight excluding hydrogens is 278 g/mol. The third-order valence-electron chi connectivity index (χ3n) is 2.62. The minimum absolute atomic E-state index is 0.115. The minimum atomic E-state index is -0.499. The van der Waals surface area contributed by atoms with Crippen molar-refractivity contribution in [3.63, 3.8) is 0 Å². The van der Waals surface area contributed by atoms with Crippen LogP contribution in [0.4, 0.5) is 5.69 Å². The smallest absolute Gasteiger partial charge is 0.340 e. The Hall–Kier alpha value is -2.04. The third kappa shape index (κ3) is 3.98. The summed E-state index contributed by atoms with van der Waals surface area (Å²) < 4.78 is 10.3. The van der Waals surface area contributed by atoms with Gasteiger partial charge in [-0.2, -0.15) is 0 Å². The Morgan fingerprint density at radius 3 is 2.60 bits per heavy atom. The van der Waals surface area contributed by atoms with Gasteiger partial charge in [-0.3, -0.25) is 0 Å². The number of esters is 1. The lowest BCUT2D eigenvalue weighted by Gasteiger charge is -2.07. The molecule has 2 aromatic rings. The zero-order valence-corrected chi connectivity index (χ0v) is 11.5. The van der Waals surface area contributed by atoms with Gasteiger partial charge in [-0.25, -0.2) is 4.79 Å². The highest BCUT2D eigenvalue weighted by Crippen LogP contribution is 2.19. The lowest BCUT2D eigenvalue weighted by atomic mass is 10.2. The Morgan fingerprint density at radius 2 is 1.90 bits per heavy atom. The predicted octanol–water partition coefficient (Wildman–Crippen LogP) is 3.25. The molecule has 0 aliphatic carbocycles. The van der Waals surface area contributed by atoms with Gasteiger partial charge < -0.3 is 15.2 Å². The largest absolute Gasteiger partial charge is 0.435 e. The maximum absolute atomic E-state index is 11.7. The van der Waals surface area contributed by atoms with Gasteiger partial charge in [0.25, 0.3) is 0 Å². The quantitative estimate of drug-likeness (QED) is 0.397. The molecule has 0 fully saturated rings. The van der Waals surface area contributed by atoms with Gasteiger partial charge in [0.2, 0.25) is 0 Å². The van der Waals surface area contributed by atoms with Crippen molar-refractivity contribution in [2.75, 3.05) is 12.5 Å². The van der Waals surface area contributed by atoms with Crippen molar-refractivity contribution < 1.29 is 14.3 Å². The Balaban J connectivity index is 1.79. The zero-order valence-electron chi connectivity index (χ0n) is 10.7. The molecule has 2 aromatic carbocycles. The Bertz CT molecular complexity index is 587. The Kier molecular flexibility index (Phi) is 4.98. The van der Waals surface area contributed by atoms with Crippen molar-refractivity contribution in [3.8, 4) is 0 Å². The zero-order chi connectivity index (χ0) is 14.4. The summed E-state index contributed by atoms with van der Waals surface area (Å²) in [5.41, 5.74) is 7.31. The number of hydrogen-bond acceptors (Lipinski definition) is 4. The molecule has 0 unspecified atom stereocenters. The van der Waals surface area contributed by atoms with Crippen molar-refractivity contribution in [2.24, 2.45) is 0 Å². The van der Waals surface area contributed by atoms with Crippen LogP contribution in [-0.2, 0) is 16.1 Å². The lowest BCUT2D eigenvalue weighted by molar-refractivity contribution is -0.0381. The molecule has 0 spiro atoms. The average Bonchev–Trinajstić information content (AvgIpc) is 2.47. The van der Waals surface area contributed by atoms with E-state index >= 15 is 0 Å². The van der Waals surface area contributed by atoms with Crippen molar-refractivity contribution in [1.82, 2.24) is 0 Å². The topological polar surface area (TPSA) is 61.6 Å². The fourth-order valence-electron chi connectivity index (χ4n) is 1.58. The second-order valence-electron chi connectivity index (χ2n) is 4.12. The normalized spacial score (nSPS) is 10.2. The molecule has 0 aromatic heterocycles. The molecule has 4 nitrogen and oxygen atoms in total. The van der Waals surface area contributed by atoms with E-state index in [0.717, 1.165) is 5.56 Å². The van der Waals surface area contributed by atoms with Gasteiger partial charge in [0.15, 0.2) is 6.79 Å². The predicted molar refractivity (Wildman–Crippen MR) is 77.4 cm³/mol. The number of benzene rings is 2. The summed E-state index contributed by atoms with van der Waals surface area (Å²) in [5, 5.41) is 0.405. The molecule has 2 N–H and O–H groups in total. The number of halogens is 1. The maximum atomic E-state index is 11.7. The van der Waals surface area contributed by atoms with E-state index < -0.39 is 5.97 Å². The van der Waals surface area contributed by atoms with Crippen LogP contribution in [0.15, 0.2) is 48.5 Å². The summed E-state index contributed by atoms with van der Waals surface area (Å²) >= 11 is 5.78. The summed E-state index contributed by atoms with van der Waals surface area (Å²) in [7, 11) is 0. The average molecular weight is 292 g/mol.